The minimum absolute atomic E-state index is 0.290. The number of nitrogens with zero attached hydrogens (tertiary/aromatic N) is 1. The smallest absolute Gasteiger partial charge is 0.342 e. The van der Waals surface area contributed by atoms with Gasteiger partial charge in [0.15, 0.2) is 0 Å². The molecule has 0 amide bonds. The summed E-state index contributed by atoms with van der Waals surface area (Å²) in [4.78, 5) is 13.0. The van der Waals surface area contributed by atoms with Gasteiger partial charge < -0.3 is 14.3 Å². The fourth-order valence-corrected chi connectivity index (χ4v) is 4.29. The highest BCUT2D eigenvalue weighted by molar-refractivity contribution is 5.78. The SMILES string of the molecule is CCCC1(c2cc3ccccc3oc2=O)Nc2ccccc2-n2cccc21. The molecule has 1 N–H and O–H groups in total. The largest absolute Gasteiger partial charge is 0.422 e. The Kier molecular flexibility index (Phi) is 3.47. The van der Waals surface area contributed by atoms with Crippen molar-refractivity contribution in [3.63, 3.8) is 0 Å². The van der Waals surface area contributed by atoms with Crippen LogP contribution in [0.1, 0.15) is 31.0 Å². The third kappa shape index (κ3) is 2.26. The Bertz CT molecular complexity index is 1200. The number of hydrogen-bond donors (Lipinski definition) is 1. The number of hydrogen-bond acceptors (Lipinski definition) is 3. The summed E-state index contributed by atoms with van der Waals surface area (Å²) in [7, 11) is 0. The number of fused-ring (bicyclic) bond motifs is 4. The van der Waals surface area contributed by atoms with E-state index in [9.17, 15) is 4.79 Å². The number of rotatable bonds is 3. The van der Waals surface area contributed by atoms with Gasteiger partial charge in [0.25, 0.3) is 0 Å². The minimum Gasteiger partial charge on any atom is -0.422 e. The van der Waals surface area contributed by atoms with Crippen molar-refractivity contribution >= 4 is 16.7 Å². The Balaban J connectivity index is 1.83. The van der Waals surface area contributed by atoms with E-state index in [4.69, 9.17) is 4.42 Å². The van der Waals surface area contributed by atoms with Crippen LogP contribution in [-0.4, -0.2) is 4.57 Å². The predicted molar refractivity (Wildman–Crippen MR) is 108 cm³/mol. The second-order valence-corrected chi connectivity index (χ2v) is 7.05. The van der Waals surface area contributed by atoms with Crippen LogP contribution < -0.4 is 10.9 Å². The van der Waals surface area contributed by atoms with Gasteiger partial charge in [-0.3, -0.25) is 0 Å². The first-order valence-electron chi connectivity index (χ1n) is 9.32. The second kappa shape index (κ2) is 5.88. The molecule has 3 heterocycles. The van der Waals surface area contributed by atoms with Crippen molar-refractivity contribution in [1.82, 2.24) is 4.57 Å². The van der Waals surface area contributed by atoms with Crippen LogP contribution >= 0.6 is 0 Å². The number of para-hydroxylation sites is 3. The van der Waals surface area contributed by atoms with Crippen molar-refractivity contribution in [3.8, 4) is 5.69 Å². The van der Waals surface area contributed by atoms with Crippen molar-refractivity contribution in [1.29, 1.82) is 0 Å². The molecule has 1 unspecified atom stereocenters. The average Bonchev–Trinajstić information content (AvgIpc) is 3.19. The van der Waals surface area contributed by atoms with Gasteiger partial charge in [-0.15, -0.1) is 0 Å². The van der Waals surface area contributed by atoms with E-state index in [0.29, 0.717) is 11.1 Å². The zero-order valence-electron chi connectivity index (χ0n) is 15.1. The molecule has 0 radical (unpaired) electrons. The average molecular weight is 356 g/mol. The van der Waals surface area contributed by atoms with Crippen molar-refractivity contribution in [3.05, 3.63) is 94.6 Å². The molecular weight excluding hydrogens is 336 g/mol. The molecule has 0 aliphatic carbocycles. The standard InChI is InChI=1S/C23H20N2O2/c1-2-13-23(17-15-16-8-3-6-11-20(16)27-22(17)26)21-12-7-14-25(21)19-10-5-4-9-18(19)24-23/h3-12,14-15,24H,2,13H2,1H3. The lowest BCUT2D eigenvalue weighted by molar-refractivity contribution is 0.459. The number of nitrogens with one attached hydrogen (secondary N) is 1. The Hall–Kier alpha value is -3.27. The maximum atomic E-state index is 13.0. The highest BCUT2D eigenvalue weighted by atomic mass is 16.4. The lowest BCUT2D eigenvalue weighted by atomic mass is 9.81. The summed E-state index contributed by atoms with van der Waals surface area (Å²) in [5.74, 6) is 0. The molecule has 0 bridgehead atoms. The molecule has 1 atom stereocenters. The third-order valence-corrected chi connectivity index (χ3v) is 5.42. The molecule has 4 heteroatoms. The van der Waals surface area contributed by atoms with Crippen molar-refractivity contribution < 1.29 is 4.42 Å². The first-order valence-corrected chi connectivity index (χ1v) is 9.32. The van der Waals surface area contributed by atoms with Gasteiger partial charge in [0.05, 0.1) is 22.6 Å². The third-order valence-electron chi connectivity index (χ3n) is 5.42. The molecule has 5 rings (SSSR count). The topological polar surface area (TPSA) is 47.2 Å². The maximum Gasteiger partial charge on any atom is 0.342 e. The highest BCUT2D eigenvalue weighted by Crippen LogP contribution is 2.43. The van der Waals surface area contributed by atoms with E-state index >= 15 is 0 Å². The molecule has 1 aliphatic heterocycles. The highest BCUT2D eigenvalue weighted by Gasteiger charge is 2.42. The number of anilines is 1. The van der Waals surface area contributed by atoms with Crippen molar-refractivity contribution in [2.45, 2.75) is 25.3 Å². The normalized spacial score (nSPS) is 18.0. The molecule has 0 saturated heterocycles. The molecule has 2 aromatic heterocycles. The number of aromatic nitrogens is 1. The summed E-state index contributed by atoms with van der Waals surface area (Å²) in [5.41, 5.74) is 3.52. The van der Waals surface area contributed by atoms with E-state index < -0.39 is 5.54 Å². The van der Waals surface area contributed by atoms with Crippen LogP contribution in [0.3, 0.4) is 0 Å². The fraction of sp³-hybridized carbons (Fsp3) is 0.174. The molecule has 4 aromatic rings. The van der Waals surface area contributed by atoms with E-state index in [1.54, 1.807) is 0 Å². The van der Waals surface area contributed by atoms with Gasteiger partial charge in [-0.1, -0.05) is 43.7 Å². The fourth-order valence-electron chi connectivity index (χ4n) is 4.29. The maximum absolute atomic E-state index is 13.0. The summed E-state index contributed by atoms with van der Waals surface area (Å²) in [6, 6.07) is 22.0. The Labute approximate surface area is 157 Å². The van der Waals surface area contributed by atoms with Gasteiger partial charge in [-0.05, 0) is 42.8 Å². The van der Waals surface area contributed by atoms with Crippen LogP contribution in [0.15, 0.2) is 82.1 Å². The lowest BCUT2D eigenvalue weighted by Gasteiger charge is -2.40. The van der Waals surface area contributed by atoms with Crippen molar-refractivity contribution in [2.24, 2.45) is 0 Å². The molecule has 27 heavy (non-hydrogen) atoms. The zero-order chi connectivity index (χ0) is 18.4. The van der Waals surface area contributed by atoms with Gasteiger partial charge in [-0.2, -0.15) is 0 Å². The summed E-state index contributed by atoms with van der Waals surface area (Å²) < 4.78 is 7.87. The molecule has 134 valence electrons. The first-order chi connectivity index (χ1) is 13.2. The molecule has 0 fully saturated rings. The Morgan fingerprint density at radius 3 is 2.74 bits per heavy atom. The van der Waals surface area contributed by atoms with E-state index in [-0.39, 0.29) is 5.63 Å². The van der Waals surface area contributed by atoms with Crippen LogP contribution in [0.2, 0.25) is 0 Å². The van der Waals surface area contributed by atoms with Gasteiger partial charge in [-0.25, -0.2) is 4.79 Å². The molecule has 0 spiro atoms. The van der Waals surface area contributed by atoms with Crippen LogP contribution in [0.5, 0.6) is 0 Å². The quantitative estimate of drug-likeness (QED) is 0.522. The first kappa shape index (κ1) is 15.9. The molecule has 1 aliphatic rings. The van der Waals surface area contributed by atoms with Crippen LogP contribution in [0.25, 0.3) is 16.7 Å². The molecule has 4 nitrogen and oxygen atoms in total. The van der Waals surface area contributed by atoms with Gasteiger partial charge in [0.1, 0.15) is 11.1 Å². The molecule has 2 aromatic carbocycles. The molecule has 0 saturated carbocycles. The zero-order valence-corrected chi connectivity index (χ0v) is 15.1. The van der Waals surface area contributed by atoms with Crippen LogP contribution in [0.4, 0.5) is 5.69 Å². The molecular formula is C23H20N2O2. The summed E-state index contributed by atoms with van der Waals surface area (Å²) in [5, 5.41) is 4.63. The monoisotopic (exact) mass is 356 g/mol. The van der Waals surface area contributed by atoms with Crippen molar-refractivity contribution in [2.75, 3.05) is 5.32 Å². The van der Waals surface area contributed by atoms with Gasteiger partial charge >= 0.3 is 5.63 Å². The summed E-state index contributed by atoms with van der Waals surface area (Å²) >= 11 is 0. The van der Waals surface area contributed by atoms with E-state index in [1.165, 1.54) is 0 Å². The number of benzene rings is 2. The summed E-state index contributed by atoms with van der Waals surface area (Å²) in [6.45, 7) is 2.14. The Morgan fingerprint density at radius 2 is 1.85 bits per heavy atom. The summed E-state index contributed by atoms with van der Waals surface area (Å²) in [6.07, 6.45) is 3.77. The van der Waals surface area contributed by atoms with Gasteiger partial charge in [0.2, 0.25) is 0 Å². The lowest BCUT2D eigenvalue weighted by Crippen LogP contribution is -2.44. The van der Waals surface area contributed by atoms with E-state index in [1.807, 2.05) is 48.5 Å². The Morgan fingerprint density at radius 1 is 1.04 bits per heavy atom. The van der Waals surface area contributed by atoms with E-state index in [2.05, 4.69) is 41.2 Å². The van der Waals surface area contributed by atoms with Crippen LogP contribution in [0, 0.1) is 0 Å². The van der Waals surface area contributed by atoms with E-state index in [0.717, 1.165) is 35.3 Å². The second-order valence-electron chi connectivity index (χ2n) is 7.05. The predicted octanol–water partition coefficient (Wildman–Crippen LogP) is 5.05. The minimum atomic E-state index is -0.628. The van der Waals surface area contributed by atoms with Crippen LogP contribution in [-0.2, 0) is 5.54 Å². The van der Waals surface area contributed by atoms with Gasteiger partial charge in [0, 0.05) is 11.6 Å².